The number of aromatic nitrogens is 1. The molecule has 0 atom stereocenters. The standard InChI is InChI=1S/C15H24N2O2/c18-14-8-7-13(17-12-14)11-16-9-4-10-19-15-5-2-1-3-6-15/h7-8,12,15-16,18H,1-6,9-11H2. The number of hydrogen-bond donors (Lipinski definition) is 2. The first-order chi connectivity index (χ1) is 9.34. The van der Waals surface area contributed by atoms with Gasteiger partial charge in [-0.05, 0) is 37.9 Å². The van der Waals surface area contributed by atoms with E-state index in [0.717, 1.165) is 31.8 Å². The van der Waals surface area contributed by atoms with Gasteiger partial charge in [0, 0.05) is 13.2 Å². The number of rotatable bonds is 7. The van der Waals surface area contributed by atoms with Crippen LogP contribution in [0.3, 0.4) is 0 Å². The van der Waals surface area contributed by atoms with Crippen molar-refractivity contribution in [1.82, 2.24) is 10.3 Å². The summed E-state index contributed by atoms with van der Waals surface area (Å²) in [4.78, 5) is 4.13. The maximum atomic E-state index is 9.12. The van der Waals surface area contributed by atoms with Crippen molar-refractivity contribution in [2.75, 3.05) is 13.2 Å². The van der Waals surface area contributed by atoms with Gasteiger partial charge in [0.15, 0.2) is 0 Å². The molecule has 106 valence electrons. The van der Waals surface area contributed by atoms with Crippen LogP contribution < -0.4 is 5.32 Å². The van der Waals surface area contributed by atoms with Crippen molar-refractivity contribution in [3.05, 3.63) is 24.0 Å². The predicted molar refractivity (Wildman–Crippen MR) is 75.1 cm³/mol. The Morgan fingerprint density at radius 3 is 2.84 bits per heavy atom. The second-order valence-corrected chi connectivity index (χ2v) is 5.17. The Bertz CT molecular complexity index is 348. The molecule has 1 aliphatic carbocycles. The molecule has 2 N–H and O–H groups in total. The summed E-state index contributed by atoms with van der Waals surface area (Å²) < 4.78 is 5.86. The van der Waals surface area contributed by atoms with Crippen LogP contribution >= 0.6 is 0 Å². The van der Waals surface area contributed by atoms with E-state index in [0.29, 0.717) is 6.10 Å². The van der Waals surface area contributed by atoms with E-state index in [2.05, 4.69) is 10.3 Å². The molecule has 0 aromatic carbocycles. The molecule has 0 radical (unpaired) electrons. The summed E-state index contributed by atoms with van der Waals surface area (Å²) in [5.74, 6) is 0.213. The van der Waals surface area contributed by atoms with E-state index in [1.165, 1.54) is 38.3 Å². The third-order valence-electron chi connectivity index (χ3n) is 3.52. The minimum atomic E-state index is 0.213. The zero-order valence-electron chi connectivity index (χ0n) is 11.5. The molecule has 0 amide bonds. The smallest absolute Gasteiger partial charge is 0.133 e. The fourth-order valence-electron chi connectivity index (χ4n) is 2.42. The number of ether oxygens (including phenoxy) is 1. The van der Waals surface area contributed by atoms with Gasteiger partial charge in [-0.25, -0.2) is 0 Å². The van der Waals surface area contributed by atoms with Gasteiger partial charge in [-0.15, -0.1) is 0 Å². The van der Waals surface area contributed by atoms with Crippen LogP contribution in [-0.2, 0) is 11.3 Å². The molecule has 19 heavy (non-hydrogen) atoms. The van der Waals surface area contributed by atoms with Gasteiger partial charge in [0.2, 0.25) is 0 Å². The molecule has 0 unspecified atom stereocenters. The third kappa shape index (κ3) is 5.57. The Hall–Kier alpha value is -1.13. The van der Waals surface area contributed by atoms with E-state index >= 15 is 0 Å². The Morgan fingerprint density at radius 2 is 2.11 bits per heavy atom. The second kappa shape index (κ2) is 8.12. The van der Waals surface area contributed by atoms with Crippen LogP contribution in [0.2, 0.25) is 0 Å². The largest absolute Gasteiger partial charge is 0.506 e. The topological polar surface area (TPSA) is 54.4 Å². The number of aromatic hydroxyl groups is 1. The van der Waals surface area contributed by atoms with E-state index in [9.17, 15) is 0 Å². The quantitative estimate of drug-likeness (QED) is 0.743. The summed E-state index contributed by atoms with van der Waals surface area (Å²) in [5.41, 5.74) is 0.950. The molecule has 1 fully saturated rings. The molecule has 0 bridgehead atoms. The van der Waals surface area contributed by atoms with Crippen LogP contribution in [-0.4, -0.2) is 29.3 Å². The molecular formula is C15H24N2O2. The van der Waals surface area contributed by atoms with E-state index in [4.69, 9.17) is 9.84 Å². The fraction of sp³-hybridized carbons (Fsp3) is 0.667. The maximum absolute atomic E-state index is 9.12. The lowest BCUT2D eigenvalue weighted by Gasteiger charge is -2.21. The average Bonchev–Trinajstić information content (AvgIpc) is 2.46. The highest BCUT2D eigenvalue weighted by Gasteiger charge is 2.12. The highest BCUT2D eigenvalue weighted by atomic mass is 16.5. The molecule has 0 aliphatic heterocycles. The molecule has 1 heterocycles. The van der Waals surface area contributed by atoms with Crippen LogP contribution in [0.4, 0.5) is 0 Å². The van der Waals surface area contributed by atoms with E-state index < -0.39 is 0 Å². The summed E-state index contributed by atoms with van der Waals surface area (Å²) in [6.07, 6.45) is 9.53. The van der Waals surface area contributed by atoms with Crippen molar-refractivity contribution in [2.24, 2.45) is 0 Å². The van der Waals surface area contributed by atoms with Gasteiger partial charge in [0.05, 0.1) is 18.0 Å². The lowest BCUT2D eigenvalue weighted by atomic mass is 9.98. The Kier molecular flexibility index (Phi) is 6.11. The van der Waals surface area contributed by atoms with Gasteiger partial charge in [-0.1, -0.05) is 19.3 Å². The van der Waals surface area contributed by atoms with Crippen LogP contribution in [0.15, 0.2) is 18.3 Å². The normalized spacial score (nSPS) is 16.6. The van der Waals surface area contributed by atoms with Crippen molar-refractivity contribution in [2.45, 2.75) is 51.2 Å². The summed E-state index contributed by atoms with van der Waals surface area (Å²) in [6, 6.07) is 3.50. The maximum Gasteiger partial charge on any atom is 0.133 e. The molecule has 4 heteroatoms. The second-order valence-electron chi connectivity index (χ2n) is 5.17. The first kappa shape index (κ1) is 14.3. The Morgan fingerprint density at radius 1 is 1.26 bits per heavy atom. The highest BCUT2D eigenvalue weighted by Crippen LogP contribution is 2.20. The third-order valence-corrected chi connectivity index (χ3v) is 3.52. The van der Waals surface area contributed by atoms with Crippen LogP contribution in [0.5, 0.6) is 5.75 Å². The molecule has 1 saturated carbocycles. The predicted octanol–water partition coefficient (Wildman–Crippen LogP) is 2.62. The summed E-state index contributed by atoms with van der Waals surface area (Å²) >= 11 is 0. The molecule has 1 aliphatic rings. The molecule has 4 nitrogen and oxygen atoms in total. The van der Waals surface area contributed by atoms with Crippen LogP contribution in [0.1, 0.15) is 44.2 Å². The van der Waals surface area contributed by atoms with Crippen molar-refractivity contribution in [3.8, 4) is 5.75 Å². The molecular weight excluding hydrogens is 240 g/mol. The van der Waals surface area contributed by atoms with Crippen LogP contribution in [0, 0.1) is 0 Å². The zero-order valence-corrected chi connectivity index (χ0v) is 11.5. The lowest BCUT2D eigenvalue weighted by Crippen LogP contribution is -2.20. The SMILES string of the molecule is Oc1ccc(CNCCCOC2CCCCC2)nc1. The number of pyridine rings is 1. The minimum absolute atomic E-state index is 0.213. The minimum Gasteiger partial charge on any atom is -0.506 e. The fourth-order valence-corrected chi connectivity index (χ4v) is 2.42. The number of nitrogens with one attached hydrogen (secondary N) is 1. The number of hydrogen-bond acceptors (Lipinski definition) is 4. The zero-order chi connectivity index (χ0) is 13.3. The first-order valence-electron chi connectivity index (χ1n) is 7.31. The van der Waals surface area contributed by atoms with Crippen molar-refractivity contribution in [3.63, 3.8) is 0 Å². The molecule has 2 rings (SSSR count). The molecule has 0 saturated heterocycles. The molecule has 1 aromatic heterocycles. The Labute approximate surface area is 115 Å². The summed E-state index contributed by atoms with van der Waals surface area (Å²) in [5, 5.41) is 12.5. The van der Waals surface area contributed by atoms with Gasteiger partial charge in [-0.2, -0.15) is 0 Å². The van der Waals surface area contributed by atoms with Crippen LogP contribution in [0.25, 0.3) is 0 Å². The van der Waals surface area contributed by atoms with Gasteiger partial charge >= 0.3 is 0 Å². The lowest BCUT2D eigenvalue weighted by molar-refractivity contribution is 0.0273. The highest BCUT2D eigenvalue weighted by molar-refractivity contribution is 5.17. The molecule has 1 aromatic rings. The van der Waals surface area contributed by atoms with Gasteiger partial charge in [0.25, 0.3) is 0 Å². The average molecular weight is 264 g/mol. The summed E-state index contributed by atoms with van der Waals surface area (Å²) in [6.45, 7) is 2.53. The Balaban J connectivity index is 1.49. The molecule has 0 spiro atoms. The van der Waals surface area contributed by atoms with E-state index in [1.807, 2.05) is 6.07 Å². The monoisotopic (exact) mass is 264 g/mol. The van der Waals surface area contributed by atoms with E-state index in [1.54, 1.807) is 6.07 Å². The number of nitrogens with zero attached hydrogens (tertiary/aromatic N) is 1. The van der Waals surface area contributed by atoms with Gasteiger partial charge in [-0.3, -0.25) is 4.98 Å². The van der Waals surface area contributed by atoms with Crippen molar-refractivity contribution >= 4 is 0 Å². The van der Waals surface area contributed by atoms with E-state index in [-0.39, 0.29) is 5.75 Å². The summed E-state index contributed by atoms with van der Waals surface area (Å²) in [7, 11) is 0. The van der Waals surface area contributed by atoms with Crippen molar-refractivity contribution in [1.29, 1.82) is 0 Å². The van der Waals surface area contributed by atoms with Gasteiger partial charge < -0.3 is 15.2 Å². The first-order valence-corrected chi connectivity index (χ1v) is 7.31. The van der Waals surface area contributed by atoms with Gasteiger partial charge in [0.1, 0.15) is 5.75 Å². The van der Waals surface area contributed by atoms with Crippen molar-refractivity contribution < 1.29 is 9.84 Å².